The minimum atomic E-state index is -1.10. The van der Waals surface area contributed by atoms with Crippen LogP contribution in [0.5, 0.6) is 0 Å². The van der Waals surface area contributed by atoms with Gasteiger partial charge in [-0.25, -0.2) is 4.39 Å². The molecule has 0 spiro atoms. The number of piperidine rings is 1. The van der Waals surface area contributed by atoms with Crippen molar-refractivity contribution in [1.29, 1.82) is 5.26 Å². The average molecular weight is 268 g/mol. The van der Waals surface area contributed by atoms with Crippen molar-refractivity contribution in [3.63, 3.8) is 0 Å². The molecule has 2 aliphatic rings. The van der Waals surface area contributed by atoms with Crippen LogP contribution in [0.2, 0.25) is 0 Å². The first-order valence-corrected chi connectivity index (χ1v) is 6.95. The minimum absolute atomic E-state index is 0.00283. The van der Waals surface area contributed by atoms with Crippen molar-refractivity contribution >= 4 is 5.91 Å². The number of rotatable bonds is 3. The molecule has 2 saturated heterocycles. The molecular weight excluding hydrogens is 247 g/mol. The first-order valence-electron chi connectivity index (χ1n) is 6.95. The van der Waals surface area contributed by atoms with E-state index < -0.39 is 18.3 Å². The van der Waals surface area contributed by atoms with Gasteiger partial charge in [-0.3, -0.25) is 4.79 Å². The Morgan fingerprint density at radius 3 is 3.00 bits per heavy atom. The zero-order valence-corrected chi connectivity index (χ0v) is 11.0. The normalized spacial score (nSPS) is 32.9. The van der Waals surface area contributed by atoms with E-state index in [1.165, 1.54) is 4.90 Å². The molecule has 1 amide bonds. The topological polar surface area (TPSA) is 82.2 Å². The Morgan fingerprint density at radius 1 is 1.58 bits per heavy atom. The van der Waals surface area contributed by atoms with Gasteiger partial charge in [-0.15, -0.1) is 0 Å². The fourth-order valence-corrected chi connectivity index (χ4v) is 2.90. The Hall–Kier alpha value is -1.19. The summed E-state index contributed by atoms with van der Waals surface area (Å²) in [6, 6.07) is 0.938. The lowest BCUT2D eigenvalue weighted by Crippen LogP contribution is -2.49. The molecule has 3 N–H and O–H groups in total. The Balaban J connectivity index is 1.89. The summed E-state index contributed by atoms with van der Waals surface area (Å²) in [7, 11) is 0. The molecule has 4 atom stereocenters. The number of nitriles is 1. The van der Waals surface area contributed by atoms with E-state index >= 15 is 0 Å². The van der Waals surface area contributed by atoms with Crippen molar-refractivity contribution in [1.82, 2.24) is 10.2 Å². The lowest BCUT2D eigenvalue weighted by molar-refractivity contribution is -0.133. The van der Waals surface area contributed by atoms with Crippen LogP contribution in [0.4, 0.5) is 4.39 Å². The Bertz CT molecular complexity index is 364. The Labute approximate surface area is 112 Å². The van der Waals surface area contributed by atoms with Crippen molar-refractivity contribution in [2.24, 2.45) is 5.73 Å². The Kier molecular flexibility index (Phi) is 4.72. The number of hydrogen-bond acceptors (Lipinski definition) is 4. The number of carbonyl (C=O) groups is 1. The molecule has 0 aliphatic carbocycles. The van der Waals surface area contributed by atoms with Crippen LogP contribution in [-0.2, 0) is 4.79 Å². The molecule has 19 heavy (non-hydrogen) atoms. The van der Waals surface area contributed by atoms with Gasteiger partial charge in [-0.2, -0.15) is 5.26 Å². The van der Waals surface area contributed by atoms with Gasteiger partial charge in [-0.05, 0) is 25.8 Å². The van der Waals surface area contributed by atoms with E-state index in [1.54, 1.807) is 0 Å². The van der Waals surface area contributed by atoms with Gasteiger partial charge >= 0.3 is 0 Å². The predicted molar refractivity (Wildman–Crippen MR) is 68.9 cm³/mol. The second kappa shape index (κ2) is 6.31. The molecule has 5 nitrogen and oxygen atoms in total. The molecule has 2 rings (SSSR count). The third-order valence-corrected chi connectivity index (χ3v) is 3.95. The van der Waals surface area contributed by atoms with E-state index in [0.29, 0.717) is 6.42 Å². The highest BCUT2D eigenvalue weighted by atomic mass is 19.1. The molecule has 0 radical (unpaired) electrons. The monoisotopic (exact) mass is 268 g/mol. The number of alkyl halides is 1. The first-order chi connectivity index (χ1) is 9.11. The summed E-state index contributed by atoms with van der Waals surface area (Å²) in [4.78, 5) is 13.5. The second-order valence-corrected chi connectivity index (χ2v) is 5.46. The van der Waals surface area contributed by atoms with Crippen molar-refractivity contribution < 1.29 is 9.18 Å². The molecule has 0 aromatic rings. The molecule has 0 aromatic carbocycles. The van der Waals surface area contributed by atoms with Crippen LogP contribution >= 0.6 is 0 Å². The lowest BCUT2D eigenvalue weighted by atomic mass is 9.98. The summed E-state index contributed by atoms with van der Waals surface area (Å²) in [6.45, 7) is 0.964. The number of nitrogens with one attached hydrogen (secondary N) is 1. The third-order valence-electron chi connectivity index (χ3n) is 3.95. The molecule has 0 saturated carbocycles. The summed E-state index contributed by atoms with van der Waals surface area (Å²) in [6.07, 6.45) is 2.89. The van der Waals surface area contributed by atoms with Crippen LogP contribution in [-0.4, -0.2) is 48.2 Å². The van der Waals surface area contributed by atoms with E-state index in [4.69, 9.17) is 11.0 Å². The van der Waals surface area contributed by atoms with Crippen LogP contribution < -0.4 is 11.1 Å². The van der Waals surface area contributed by atoms with Crippen LogP contribution in [0.1, 0.15) is 32.1 Å². The number of nitrogens with two attached hydrogens (primary N) is 1. The number of halogens is 1. The van der Waals surface area contributed by atoms with Crippen LogP contribution in [0, 0.1) is 11.3 Å². The highest BCUT2D eigenvalue weighted by molar-refractivity contribution is 5.82. The van der Waals surface area contributed by atoms with Gasteiger partial charge in [0.2, 0.25) is 5.91 Å². The third kappa shape index (κ3) is 3.43. The van der Waals surface area contributed by atoms with Crippen LogP contribution in [0.25, 0.3) is 0 Å². The molecule has 3 unspecified atom stereocenters. The molecule has 0 bridgehead atoms. The standard InChI is InChI=1S/C13H21FN4O/c14-9-5-11(7-15)18(8-9)13(19)12(16)6-10-3-1-2-4-17-10/h9-12,17H,1-6,8,16H2/t9?,10?,11?,12-/m0/s1. The molecule has 106 valence electrons. The summed E-state index contributed by atoms with van der Waals surface area (Å²) in [5.74, 6) is -0.293. The van der Waals surface area contributed by atoms with E-state index in [9.17, 15) is 9.18 Å². The van der Waals surface area contributed by atoms with E-state index in [1.807, 2.05) is 6.07 Å². The van der Waals surface area contributed by atoms with Gasteiger partial charge in [0.1, 0.15) is 12.2 Å². The summed E-state index contributed by atoms with van der Waals surface area (Å²) < 4.78 is 13.3. The van der Waals surface area contributed by atoms with Gasteiger partial charge in [0.05, 0.1) is 18.7 Å². The van der Waals surface area contributed by atoms with Gasteiger partial charge < -0.3 is 16.0 Å². The lowest BCUT2D eigenvalue weighted by Gasteiger charge is -2.28. The zero-order chi connectivity index (χ0) is 13.8. The van der Waals surface area contributed by atoms with Gasteiger partial charge in [-0.1, -0.05) is 6.42 Å². The van der Waals surface area contributed by atoms with Crippen LogP contribution in [0.15, 0.2) is 0 Å². The minimum Gasteiger partial charge on any atom is -0.322 e. The smallest absolute Gasteiger partial charge is 0.240 e. The maximum atomic E-state index is 13.3. The number of likely N-dealkylation sites (tertiary alicyclic amines) is 1. The van der Waals surface area contributed by atoms with Crippen molar-refractivity contribution in [2.75, 3.05) is 13.1 Å². The molecular formula is C13H21FN4O. The van der Waals surface area contributed by atoms with E-state index in [-0.39, 0.29) is 24.9 Å². The summed E-state index contributed by atoms with van der Waals surface area (Å²) in [5, 5.41) is 12.3. The van der Waals surface area contributed by atoms with Crippen LogP contribution in [0.3, 0.4) is 0 Å². The largest absolute Gasteiger partial charge is 0.322 e. The molecule has 2 fully saturated rings. The molecule has 2 aliphatic heterocycles. The quantitative estimate of drug-likeness (QED) is 0.771. The number of amides is 1. The van der Waals surface area contributed by atoms with E-state index in [2.05, 4.69) is 5.32 Å². The summed E-state index contributed by atoms with van der Waals surface area (Å²) in [5.41, 5.74) is 5.93. The first kappa shape index (κ1) is 14.2. The van der Waals surface area contributed by atoms with Crippen molar-refractivity contribution in [2.45, 2.75) is 56.4 Å². The van der Waals surface area contributed by atoms with Gasteiger partial charge in [0, 0.05) is 12.5 Å². The summed E-state index contributed by atoms with van der Waals surface area (Å²) >= 11 is 0. The number of carbonyl (C=O) groups excluding carboxylic acids is 1. The van der Waals surface area contributed by atoms with Crippen molar-refractivity contribution in [3.05, 3.63) is 0 Å². The number of nitrogens with zero attached hydrogens (tertiary/aromatic N) is 2. The van der Waals surface area contributed by atoms with Crippen molar-refractivity contribution in [3.8, 4) is 6.07 Å². The number of hydrogen-bond donors (Lipinski definition) is 2. The molecule has 6 heteroatoms. The van der Waals surface area contributed by atoms with E-state index in [0.717, 1.165) is 25.8 Å². The highest BCUT2D eigenvalue weighted by Gasteiger charge is 2.37. The Morgan fingerprint density at radius 2 is 2.37 bits per heavy atom. The molecule has 0 aromatic heterocycles. The maximum Gasteiger partial charge on any atom is 0.240 e. The maximum absolute atomic E-state index is 13.3. The average Bonchev–Trinajstić information content (AvgIpc) is 2.80. The van der Waals surface area contributed by atoms with Gasteiger partial charge in [0.25, 0.3) is 0 Å². The fourth-order valence-electron chi connectivity index (χ4n) is 2.90. The highest BCUT2D eigenvalue weighted by Crippen LogP contribution is 2.21. The SMILES string of the molecule is N#CC1CC(F)CN1C(=O)[C@@H](N)CC1CCCCN1. The predicted octanol–water partition coefficient (Wildman–Crippen LogP) is 0.308. The second-order valence-electron chi connectivity index (χ2n) is 5.46. The zero-order valence-electron chi connectivity index (χ0n) is 11.0. The fraction of sp³-hybridized carbons (Fsp3) is 0.846. The van der Waals surface area contributed by atoms with Gasteiger partial charge in [0.15, 0.2) is 0 Å². The molecule has 2 heterocycles.